The molecule has 114 valence electrons. The zero-order chi connectivity index (χ0) is 15.4. The number of carbonyl (C=O) groups is 2. The lowest BCUT2D eigenvalue weighted by molar-refractivity contribution is -0.159. The lowest BCUT2D eigenvalue weighted by Crippen LogP contribution is -2.62. The molecule has 2 amide bonds. The highest BCUT2D eigenvalue weighted by atomic mass is 16.5. The summed E-state index contributed by atoms with van der Waals surface area (Å²) in [5.74, 6) is -0.0435. The maximum Gasteiger partial charge on any atom is 0.245 e. The van der Waals surface area contributed by atoms with Gasteiger partial charge >= 0.3 is 0 Å². The lowest BCUT2D eigenvalue weighted by Gasteiger charge is -2.41. The summed E-state index contributed by atoms with van der Waals surface area (Å²) in [6.07, 6.45) is 0. The van der Waals surface area contributed by atoms with E-state index in [4.69, 9.17) is 4.74 Å². The van der Waals surface area contributed by atoms with Crippen molar-refractivity contribution in [2.45, 2.75) is 32.5 Å². The molecule has 2 rings (SSSR count). The lowest BCUT2D eigenvalue weighted by atomic mass is 10.1. The van der Waals surface area contributed by atoms with E-state index in [1.165, 1.54) is 4.90 Å². The van der Waals surface area contributed by atoms with E-state index in [0.29, 0.717) is 19.8 Å². The maximum absolute atomic E-state index is 12.2. The summed E-state index contributed by atoms with van der Waals surface area (Å²) in [5, 5.41) is 0. The number of benzene rings is 1. The van der Waals surface area contributed by atoms with Gasteiger partial charge in [-0.05, 0) is 19.4 Å². The standard InChI is InChI=1S/C16H22N2O3/c1-12-16(20)18(13(2)15(19)17(12)3)9-10-21-11-14-7-5-4-6-8-14/h4-8,12-13H,9-11H2,1-3H3/t12-,13-/m0/s1. The molecule has 5 heteroatoms. The zero-order valence-corrected chi connectivity index (χ0v) is 12.8. The molecule has 1 fully saturated rings. The Morgan fingerprint density at radius 2 is 1.71 bits per heavy atom. The van der Waals surface area contributed by atoms with Crippen LogP contribution in [0.2, 0.25) is 0 Å². The summed E-state index contributed by atoms with van der Waals surface area (Å²) in [4.78, 5) is 27.4. The van der Waals surface area contributed by atoms with Crippen LogP contribution < -0.4 is 0 Å². The second kappa shape index (κ2) is 6.72. The van der Waals surface area contributed by atoms with Crippen molar-refractivity contribution >= 4 is 11.8 Å². The molecule has 1 aromatic carbocycles. The third-order valence-electron chi connectivity index (χ3n) is 3.98. The highest BCUT2D eigenvalue weighted by Crippen LogP contribution is 2.16. The van der Waals surface area contributed by atoms with E-state index in [-0.39, 0.29) is 11.8 Å². The Labute approximate surface area is 125 Å². The zero-order valence-electron chi connectivity index (χ0n) is 12.8. The smallest absolute Gasteiger partial charge is 0.245 e. The number of nitrogens with zero attached hydrogens (tertiary/aromatic N) is 2. The van der Waals surface area contributed by atoms with Gasteiger partial charge in [0.05, 0.1) is 13.2 Å². The third kappa shape index (κ3) is 3.42. The van der Waals surface area contributed by atoms with Crippen molar-refractivity contribution in [3.05, 3.63) is 35.9 Å². The normalized spacial score (nSPS) is 22.8. The molecule has 1 aliphatic heterocycles. The van der Waals surface area contributed by atoms with Crippen LogP contribution in [0.5, 0.6) is 0 Å². The second-order valence-corrected chi connectivity index (χ2v) is 5.37. The fraction of sp³-hybridized carbons (Fsp3) is 0.500. The highest BCUT2D eigenvalue weighted by molar-refractivity contribution is 5.96. The van der Waals surface area contributed by atoms with E-state index in [0.717, 1.165) is 5.56 Å². The Bertz CT molecular complexity index is 504. The Morgan fingerprint density at radius 1 is 1.05 bits per heavy atom. The first-order chi connectivity index (χ1) is 10.0. The molecule has 0 saturated carbocycles. The number of rotatable bonds is 5. The monoisotopic (exact) mass is 290 g/mol. The van der Waals surface area contributed by atoms with Crippen LogP contribution in [0.3, 0.4) is 0 Å². The number of likely N-dealkylation sites (N-methyl/N-ethyl adjacent to an activating group) is 1. The fourth-order valence-electron chi connectivity index (χ4n) is 2.45. The topological polar surface area (TPSA) is 49.9 Å². The molecule has 21 heavy (non-hydrogen) atoms. The van der Waals surface area contributed by atoms with Gasteiger partial charge in [0.25, 0.3) is 0 Å². The molecular formula is C16H22N2O3. The van der Waals surface area contributed by atoms with E-state index in [1.54, 1.807) is 25.8 Å². The largest absolute Gasteiger partial charge is 0.375 e. The van der Waals surface area contributed by atoms with E-state index >= 15 is 0 Å². The van der Waals surface area contributed by atoms with Crippen molar-refractivity contribution in [1.82, 2.24) is 9.80 Å². The van der Waals surface area contributed by atoms with Gasteiger partial charge in [-0.1, -0.05) is 30.3 Å². The maximum atomic E-state index is 12.2. The Kier molecular flexibility index (Phi) is 4.96. The molecular weight excluding hydrogens is 268 g/mol. The van der Waals surface area contributed by atoms with Crippen molar-refractivity contribution in [2.75, 3.05) is 20.2 Å². The highest BCUT2D eigenvalue weighted by Gasteiger charge is 2.39. The Balaban J connectivity index is 1.84. The number of amides is 2. The molecule has 1 aromatic rings. The molecule has 1 aliphatic rings. The molecule has 0 aromatic heterocycles. The summed E-state index contributed by atoms with van der Waals surface area (Å²) in [5.41, 5.74) is 1.10. The van der Waals surface area contributed by atoms with Crippen LogP contribution in [0.25, 0.3) is 0 Å². The van der Waals surface area contributed by atoms with Crippen LogP contribution in [0.1, 0.15) is 19.4 Å². The molecule has 0 N–H and O–H groups in total. The first-order valence-electron chi connectivity index (χ1n) is 7.21. The minimum Gasteiger partial charge on any atom is -0.375 e. The third-order valence-corrected chi connectivity index (χ3v) is 3.98. The van der Waals surface area contributed by atoms with Crippen LogP contribution in [0.4, 0.5) is 0 Å². The Morgan fingerprint density at radius 3 is 2.38 bits per heavy atom. The minimum absolute atomic E-state index is 0.0205. The minimum atomic E-state index is -0.418. The van der Waals surface area contributed by atoms with Crippen molar-refractivity contribution < 1.29 is 14.3 Å². The van der Waals surface area contributed by atoms with Gasteiger partial charge in [0.2, 0.25) is 11.8 Å². The number of hydrogen-bond acceptors (Lipinski definition) is 3. The first-order valence-corrected chi connectivity index (χ1v) is 7.21. The Hall–Kier alpha value is -1.88. The summed E-state index contributed by atoms with van der Waals surface area (Å²) >= 11 is 0. The van der Waals surface area contributed by atoms with Crippen molar-refractivity contribution in [2.24, 2.45) is 0 Å². The van der Waals surface area contributed by atoms with E-state index in [1.807, 2.05) is 30.3 Å². The number of ether oxygens (including phenoxy) is 1. The average molecular weight is 290 g/mol. The van der Waals surface area contributed by atoms with Gasteiger partial charge < -0.3 is 14.5 Å². The quantitative estimate of drug-likeness (QED) is 0.768. The second-order valence-electron chi connectivity index (χ2n) is 5.37. The SMILES string of the molecule is C[C@H]1C(=O)N(CCOCc2ccccc2)[C@@H](C)C(=O)N1C. The molecule has 0 spiro atoms. The number of hydrogen-bond donors (Lipinski definition) is 0. The van der Waals surface area contributed by atoms with Gasteiger partial charge in [-0.2, -0.15) is 0 Å². The van der Waals surface area contributed by atoms with E-state index in [2.05, 4.69) is 0 Å². The number of carbonyl (C=O) groups excluding carboxylic acids is 2. The predicted octanol–water partition coefficient (Wildman–Crippen LogP) is 1.28. The van der Waals surface area contributed by atoms with Gasteiger partial charge in [0.15, 0.2) is 0 Å². The summed E-state index contributed by atoms with van der Waals surface area (Å²) in [7, 11) is 1.67. The number of piperazine rings is 1. The van der Waals surface area contributed by atoms with Crippen molar-refractivity contribution in [3.63, 3.8) is 0 Å². The van der Waals surface area contributed by atoms with Crippen LogP contribution >= 0.6 is 0 Å². The molecule has 0 radical (unpaired) electrons. The predicted molar refractivity (Wildman–Crippen MR) is 79.5 cm³/mol. The van der Waals surface area contributed by atoms with Crippen LogP contribution in [-0.4, -0.2) is 53.9 Å². The summed E-state index contributed by atoms with van der Waals surface area (Å²) in [6.45, 7) is 4.90. The average Bonchev–Trinajstić information content (AvgIpc) is 2.51. The van der Waals surface area contributed by atoms with Gasteiger partial charge in [-0.15, -0.1) is 0 Å². The fourth-order valence-corrected chi connectivity index (χ4v) is 2.45. The van der Waals surface area contributed by atoms with Crippen LogP contribution in [0, 0.1) is 0 Å². The van der Waals surface area contributed by atoms with Crippen LogP contribution in [-0.2, 0) is 20.9 Å². The van der Waals surface area contributed by atoms with E-state index in [9.17, 15) is 9.59 Å². The van der Waals surface area contributed by atoms with Gasteiger partial charge in [-0.3, -0.25) is 9.59 Å². The van der Waals surface area contributed by atoms with Crippen molar-refractivity contribution in [3.8, 4) is 0 Å². The molecule has 2 atom stereocenters. The van der Waals surface area contributed by atoms with E-state index < -0.39 is 12.1 Å². The van der Waals surface area contributed by atoms with Gasteiger partial charge in [-0.25, -0.2) is 0 Å². The molecule has 0 aliphatic carbocycles. The molecule has 1 saturated heterocycles. The van der Waals surface area contributed by atoms with Gasteiger partial charge in [0.1, 0.15) is 12.1 Å². The molecule has 1 heterocycles. The molecule has 0 bridgehead atoms. The van der Waals surface area contributed by atoms with Crippen molar-refractivity contribution in [1.29, 1.82) is 0 Å². The summed E-state index contributed by atoms with van der Waals surface area (Å²) < 4.78 is 5.60. The first kappa shape index (κ1) is 15.5. The van der Waals surface area contributed by atoms with Crippen LogP contribution in [0.15, 0.2) is 30.3 Å². The summed E-state index contributed by atoms with van der Waals surface area (Å²) in [6, 6.07) is 9.06. The molecule has 5 nitrogen and oxygen atoms in total. The van der Waals surface area contributed by atoms with Gasteiger partial charge in [0, 0.05) is 13.6 Å². The molecule has 0 unspecified atom stereocenters.